The molecule has 1 aliphatic rings. The van der Waals surface area contributed by atoms with E-state index in [0.29, 0.717) is 6.42 Å². The zero-order valence-corrected chi connectivity index (χ0v) is 10.5. The van der Waals surface area contributed by atoms with Crippen molar-refractivity contribution in [2.45, 2.75) is 43.8 Å². The van der Waals surface area contributed by atoms with E-state index >= 15 is 0 Å². The molecule has 1 aromatic heterocycles. The lowest BCUT2D eigenvalue weighted by Gasteiger charge is -2.05. The van der Waals surface area contributed by atoms with Gasteiger partial charge >= 0.3 is 0 Å². The van der Waals surface area contributed by atoms with Crippen LogP contribution in [0, 0.1) is 0 Å². The molecule has 94 valence electrons. The summed E-state index contributed by atoms with van der Waals surface area (Å²) in [5.41, 5.74) is 5.42. The Hall–Kier alpha value is -1.24. The fourth-order valence-corrected chi connectivity index (χ4v) is 2.81. The molecule has 0 bridgehead atoms. The fourth-order valence-electron chi connectivity index (χ4n) is 1.86. The minimum atomic E-state index is 0.258. The van der Waals surface area contributed by atoms with Crippen LogP contribution in [0.4, 0.5) is 0 Å². The Labute approximate surface area is 104 Å². The summed E-state index contributed by atoms with van der Waals surface area (Å²) in [6.45, 7) is 1.01. The molecule has 0 unspecified atom stereocenters. The normalized spacial score (nSPS) is 16.6. The van der Waals surface area contributed by atoms with Gasteiger partial charge in [0.05, 0.1) is 0 Å². The third kappa shape index (κ3) is 3.12. The van der Waals surface area contributed by atoms with Gasteiger partial charge in [0.15, 0.2) is 5.16 Å². The minimum absolute atomic E-state index is 0.258. The number of nitrogens with two attached hydrogens (primary N) is 1. The average Bonchev–Trinajstić information content (AvgIpc) is 2.59. The number of amidine groups is 1. The first kappa shape index (κ1) is 12.2. The quantitative estimate of drug-likeness (QED) is 0.278. The maximum Gasteiger partial charge on any atom is 0.191 e. The van der Waals surface area contributed by atoms with Gasteiger partial charge in [-0.2, -0.15) is 0 Å². The van der Waals surface area contributed by atoms with Crippen LogP contribution in [0.25, 0.3) is 0 Å². The molecule has 17 heavy (non-hydrogen) atoms. The van der Waals surface area contributed by atoms with Gasteiger partial charge in [-0.05, 0) is 12.8 Å². The van der Waals surface area contributed by atoms with Gasteiger partial charge in [-0.3, -0.25) is 0 Å². The van der Waals surface area contributed by atoms with Crippen molar-refractivity contribution < 1.29 is 5.21 Å². The highest BCUT2D eigenvalue weighted by molar-refractivity contribution is 7.99. The smallest absolute Gasteiger partial charge is 0.191 e. The topological polar surface area (TPSA) is 89.3 Å². The van der Waals surface area contributed by atoms with Crippen molar-refractivity contribution in [3.05, 3.63) is 5.82 Å². The first-order chi connectivity index (χ1) is 8.31. The van der Waals surface area contributed by atoms with Gasteiger partial charge in [0.1, 0.15) is 11.7 Å². The summed E-state index contributed by atoms with van der Waals surface area (Å²) in [5.74, 6) is 2.11. The fraction of sp³-hybridized carbons (Fsp3) is 0.700. The third-order valence-electron chi connectivity index (χ3n) is 2.79. The van der Waals surface area contributed by atoms with Crippen LogP contribution in [-0.2, 0) is 13.0 Å². The van der Waals surface area contributed by atoms with Crippen LogP contribution in [0.2, 0.25) is 0 Å². The van der Waals surface area contributed by atoms with Crippen LogP contribution >= 0.6 is 11.8 Å². The maximum absolute atomic E-state index is 8.44. The van der Waals surface area contributed by atoms with Crippen LogP contribution in [0.15, 0.2) is 10.3 Å². The minimum Gasteiger partial charge on any atom is -0.409 e. The van der Waals surface area contributed by atoms with E-state index in [1.165, 1.54) is 19.3 Å². The number of thioether (sulfide) groups is 1. The Kier molecular flexibility index (Phi) is 4.24. The van der Waals surface area contributed by atoms with Gasteiger partial charge in [-0.1, -0.05) is 23.3 Å². The number of nitrogens with zero attached hydrogens (tertiary/aromatic N) is 4. The SMILES string of the molecule is N/C(CCSc1nnc2n1CCCCC2)=N\O. The summed E-state index contributed by atoms with van der Waals surface area (Å²) < 4.78 is 2.20. The molecule has 2 heterocycles. The van der Waals surface area contributed by atoms with Crippen molar-refractivity contribution in [2.75, 3.05) is 5.75 Å². The molecule has 0 atom stereocenters. The summed E-state index contributed by atoms with van der Waals surface area (Å²) in [7, 11) is 0. The molecule has 0 aliphatic carbocycles. The van der Waals surface area contributed by atoms with Gasteiger partial charge in [0.25, 0.3) is 0 Å². The monoisotopic (exact) mass is 255 g/mol. The molecule has 6 nitrogen and oxygen atoms in total. The Bertz CT molecular complexity index is 403. The van der Waals surface area contributed by atoms with Crippen LogP contribution in [0.1, 0.15) is 31.5 Å². The lowest BCUT2D eigenvalue weighted by Crippen LogP contribution is -2.12. The van der Waals surface area contributed by atoms with Gasteiger partial charge in [-0.25, -0.2) is 0 Å². The van der Waals surface area contributed by atoms with Gasteiger partial charge in [0.2, 0.25) is 0 Å². The van der Waals surface area contributed by atoms with Gasteiger partial charge < -0.3 is 15.5 Å². The number of oxime groups is 1. The molecule has 1 aliphatic heterocycles. The highest BCUT2D eigenvalue weighted by Gasteiger charge is 2.14. The van der Waals surface area contributed by atoms with Crippen molar-refractivity contribution in [1.29, 1.82) is 0 Å². The molecular weight excluding hydrogens is 238 g/mol. The van der Waals surface area contributed by atoms with Crippen LogP contribution in [0.3, 0.4) is 0 Å². The standard InChI is InChI=1S/C10H17N5OS/c11-8(14-16)5-7-17-10-13-12-9-4-2-1-3-6-15(9)10/h16H,1-7H2,(H2,11,14). The molecule has 0 spiro atoms. The van der Waals surface area contributed by atoms with E-state index in [1.54, 1.807) is 11.8 Å². The lowest BCUT2D eigenvalue weighted by atomic mass is 10.2. The first-order valence-electron chi connectivity index (χ1n) is 5.82. The van der Waals surface area contributed by atoms with Crippen LogP contribution < -0.4 is 5.73 Å². The van der Waals surface area contributed by atoms with E-state index in [2.05, 4.69) is 19.9 Å². The molecule has 0 aromatic carbocycles. The number of aromatic nitrogens is 3. The molecular formula is C10H17N5OS. The van der Waals surface area contributed by atoms with Crippen LogP contribution in [0.5, 0.6) is 0 Å². The zero-order chi connectivity index (χ0) is 12.1. The highest BCUT2D eigenvalue weighted by Crippen LogP contribution is 2.22. The summed E-state index contributed by atoms with van der Waals surface area (Å²) in [4.78, 5) is 0. The second-order valence-electron chi connectivity index (χ2n) is 4.05. The van der Waals surface area contributed by atoms with E-state index < -0.39 is 0 Å². The molecule has 1 aromatic rings. The maximum atomic E-state index is 8.44. The van der Waals surface area contributed by atoms with Gasteiger partial charge in [0, 0.05) is 25.1 Å². The highest BCUT2D eigenvalue weighted by atomic mass is 32.2. The van der Waals surface area contributed by atoms with Crippen molar-refractivity contribution >= 4 is 17.6 Å². The third-order valence-corrected chi connectivity index (χ3v) is 3.76. The Morgan fingerprint density at radius 2 is 2.29 bits per heavy atom. The Balaban J connectivity index is 1.95. The molecule has 0 amide bonds. The van der Waals surface area contributed by atoms with E-state index in [1.807, 2.05) is 0 Å². The molecule has 0 radical (unpaired) electrons. The first-order valence-corrected chi connectivity index (χ1v) is 6.81. The van der Waals surface area contributed by atoms with Crippen molar-refractivity contribution in [1.82, 2.24) is 14.8 Å². The second kappa shape index (κ2) is 5.90. The van der Waals surface area contributed by atoms with E-state index in [9.17, 15) is 0 Å². The second-order valence-corrected chi connectivity index (χ2v) is 5.11. The number of fused-ring (bicyclic) bond motifs is 1. The summed E-state index contributed by atoms with van der Waals surface area (Å²) in [6.07, 6.45) is 5.24. The van der Waals surface area contributed by atoms with Gasteiger partial charge in [-0.15, -0.1) is 10.2 Å². The number of hydrogen-bond acceptors (Lipinski definition) is 5. The van der Waals surface area contributed by atoms with Crippen LogP contribution in [-0.4, -0.2) is 31.6 Å². The van der Waals surface area contributed by atoms with Crippen molar-refractivity contribution in [2.24, 2.45) is 10.9 Å². The molecule has 0 saturated heterocycles. The van der Waals surface area contributed by atoms with E-state index in [-0.39, 0.29) is 5.84 Å². The molecule has 0 fully saturated rings. The number of aryl methyl sites for hydroxylation is 1. The number of hydrogen-bond donors (Lipinski definition) is 2. The van der Waals surface area contributed by atoms with Crippen molar-refractivity contribution in [3.8, 4) is 0 Å². The predicted molar refractivity (Wildman–Crippen MR) is 66.3 cm³/mol. The van der Waals surface area contributed by atoms with Crippen molar-refractivity contribution in [3.63, 3.8) is 0 Å². The largest absolute Gasteiger partial charge is 0.409 e. The summed E-state index contributed by atoms with van der Waals surface area (Å²) >= 11 is 1.61. The summed E-state index contributed by atoms with van der Waals surface area (Å²) in [5, 5.41) is 20.8. The van der Waals surface area contributed by atoms with E-state index in [4.69, 9.17) is 10.9 Å². The molecule has 0 saturated carbocycles. The average molecular weight is 255 g/mol. The Morgan fingerprint density at radius 3 is 3.12 bits per heavy atom. The zero-order valence-electron chi connectivity index (χ0n) is 9.67. The molecule has 3 N–H and O–H groups in total. The number of rotatable bonds is 4. The van der Waals surface area contributed by atoms with E-state index in [0.717, 1.165) is 29.7 Å². The Morgan fingerprint density at radius 1 is 1.41 bits per heavy atom. The molecule has 2 rings (SSSR count). The summed E-state index contributed by atoms with van der Waals surface area (Å²) in [6, 6.07) is 0. The predicted octanol–water partition coefficient (Wildman–Crippen LogP) is 1.23. The lowest BCUT2D eigenvalue weighted by molar-refractivity contribution is 0.317. The molecule has 7 heteroatoms.